The summed E-state index contributed by atoms with van der Waals surface area (Å²) in [5, 5.41) is 11.5. The number of allylic oxidation sites excluding steroid dienone is 1. The lowest BCUT2D eigenvalue weighted by atomic mass is 9.75. The third-order valence-electron chi connectivity index (χ3n) is 7.14. The quantitative estimate of drug-likeness (QED) is 0.287. The van der Waals surface area contributed by atoms with E-state index in [1.165, 1.54) is 25.3 Å². The Kier molecular flexibility index (Phi) is 8.01. The smallest absolute Gasteiger partial charge is 0.337 e. The highest BCUT2D eigenvalue weighted by molar-refractivity contribution is 6.07. The molecule has 0 aliphatic carbocycles. The van der Waals surface area contributed by atoms with E-state index in [1.54, 1.807) is 19.9 Å². The average Bonchev–Trinajstić information content (AvgIpc) is 3.30. The lowest BCUT2D eigenvalue weighted by Gasteiger charge is -2.33. The van der Waals surface area contributed by atoms with E-state index in [2.05, 4.69) is 4.99 Å². The molecule has 200 valence electrons. The molecule has 2 heterocycles. The van der Waals surface area contributed by atoms with Crippen LogP contribution in [0.25, 0.3) is 0 Å². The summed E-state index contributed by atoms with van der Waals surface area (Å²) in [7, 11) is 1.22. The Morgan fingerprint density at radius 1 is 1.18 bits per heavy atom. The van der Waals surface area contributed by atoms with E-state index in [0.717, 1.165) is 5.56 Å². The summed E-state index contributed by atoms with van der Waals surface area (Å²) in [4.78, 5) is 44.0. The fourth-order valence-corrected chi connectivity index (χ4v) is 5.30. The van der Waals surface area contributed by atoms with Gasteiger partial charge in [-0.25, -0.2) is 9.18 Å². The first-order chi connectivity index (χ1) is 18.2. The molecule has 0 saturated carbocycles. The normalized spacial score (nSPS) is 23.6. The Bertz CT molecular complexity index is 1290. The number of benzene rings is 2. The number of rotatable bonds is 8. The van der Waals surface area contributed by atoms with E-state index in [1.807, 2.05) is 35.2 Å². The number of carbonyl (C=O) groups excluding carboxylic acids is 2. The first-order valence-corrected chi connectivity index (χ1v) is 12.3. The minimum atomic E-state index is -1.36. The zero-order valence-electron chi connectivity index (χ0n) is 21.6. The second-order valence-corrected chi connectivity index (χ2v) is 9.74. The summed E-state index contributed by atoms with van der Waals surface area (Å²) in [6.07, 6.45) is 0.304. The maximum atomic E-state index is 14.5. The summed E-state index contributed by atoms with van der Waals surface area (Å²) >= 11 is 0. The second-order valence-electron chi connectivity index (χ2n) is 9.74. The summed E-state index contributed by atoms with van der Waals surface area (Å²) in [5.41, 5.74) is 0.640. The molecule has 0 bridgehead atoms. The van der Waals surface area contributed by atoms with Crippen LogP contribution in [0.1, 0.15) is 37.3 Å². The van der Waals surface area contributed by atoms with Crippen LogP contribution in [-0.4, -0.2) is 59.9 Å². The molecular weight excluding hydrogens is 493 g/mol. The number of esters is 2. The van der Waals surface area contributed by atoms with E-state index in [4.69, 9.17) is 9.47 Å². The molecule has 4 rings (SSSR count). The molecular formula is C28H30FN3O6. The Balaban J connectivity index is 1.67. The van der Waals surface area contributed by atoms with Crippen molar-refractivity contribution in [1.29, 1.82) is 0 Å². The van der Waals surface area contributed by atoms with Gasteiger partial charge in [-0.2, -0.15) is 0 Å². The number of hydrogen-bond acceptors (Lipinski definition) is 8. The maximum absolute atomic E-state index is 14.5. The van der Waals surface area contributed by atoms with Crippen LogP contribution >= 0.6 is 0 Å². The molecule has 0 spiro atoms. The van der Waals surface area contributed by atoms with Crippen LogP contribution in [0, 0.1) is 16.0 Å². The molecule has 38 heavy (non-hydrogen) atoms. The number of aliphatic imine (C=N–C) groups is 1. The number of hydrogen-bond donors (Lipinski definition) is 0. The highest BCUT2D eigenvalue weighted by Gasteiger charge is 2.47. The summed E-state index contributed by atoms with van der Waals surface area (Å²) < 4.78 is 25.4. The molecule has 2 aromatic carbocycles. The van der Waals surface area contributed by atoms with E-state index < -0.39 is 41.0 Å². The van der Waals surface area contributed by atoms with Gasteiger partial charge in [-0.1, -0.05) is 42.5 Å². The Morgan fingerprint density at radius 3 is 2.58 bits per heavy atom. The Hall–Kier alpha value is -3.92. The van der Waals surface area contributed by atoms with Crippen molar-refractivity contribution in [1.82, 2.24) is 4.90 Å². The van der Waals surface area contributed by atoms with Gasteiger partial charge in [0, 0.05) is 55.5 Å². The Labute approximate surface area is 220 Å². The monoisotopic (exact) mass is 523 g/mol. The molecule has 9 nitrogen and oxygen atoms in total. The average molecular weight is 524 g/mol. The number of alkyl halides is 1. The third kappa shape index (κ3) is 5.50. The second kappa shape index (κ2) is 11.2. The molecule has 2 aromatic rings. The number of ether oxygens (including phenoxy) is 2. The van der Waals surface area contributed by atoms with Crippen LogP contribution in [0.2, 0.25) is 0 Å². The van der Waals surface area contributed by atoms with E-state index in [-0.39, 0.29) is 17.8 Å². The molecule has 2 aliphatic heterocycles. The molecule has 1 saturated heterocycles. The maximum Gasteiger partial charge on any atom is 0.337 e. The van der Waals surface area contributed by atoms with Crippen LogP contribution in [0.5, 0.6) is 0 Å². The summed E-state index contributed by atoms with van der Waals surface area (Å²) in [6, 6.07) is 15.5. The van der Waals surface area contributed by atoms with E-state index >= 15 is 0 Å². The van der Waals surface area contributed by atoms with Gasteiger partial charge >= 0.3 is 11.9 Å². The number of likely N-dealkylation sites (tertiary alicyclic amines) is 1. The zero-order valence-corrected chi connectivity index (χ0v) is 21.6. The number of nitrogens with zero attached hydrogens (tertiary/aromatic N) is 3. The topological polar surface area (TPSA) is 111 Å². The van der Waals surface area contributed by atoms with Crippen molar-refractivity contribution >= 4 is 23.3 Å². The fraction of sp³-hybridized carbons (Fsp3) is 0.393. The van der Waals surface area contributed by atoms with Crippen molar-refractivity contribution in [2.45, 2.75) is 38.3 Å². The zero-order chi connectivity index (χ0) is 27.4. The number of methoxy groups -OCH3 is 1. The van der Waals surface area contributed by atoms with Gasteiger partial charge in [0.05, 0.1) is 17.6 Å². The van der Waals surface area contributed by atoms with Crippen LogP contribution in [0.15, 0.2) is 70.9 Å². The molecule has 0 amide bonds. The van der Waals surface area contributed by atoms with Crippen molar-refractivity contribution in [3.63, 3.8) is 0 Å². The molecule has 2 aliphatic rings. The van der Waals surface area contributed by atoms with E-state index in [0.29, 0.717) is 36.5 Å². The van der Waals surface area contributed by atoms with E-state index in [9.17, 15) is 24.1 Å². The third-order valence-corrected chi connectivity index (χ3v) is 7.14. The van der Waals surface area contributed by atoms with Gasteiger partial charge in [0.25, 0.3) is 5.69 Å². The number of carbonyl (C=O) groups is 2. The lowest BCUT2D eigenvalue weighted by molar-refractivity contribution is -0.384. The largest absolute Gasteiger partial charge is 0.468 e. The molecule has 1 fully saturated rings. The summed E-state index contributed by atoms with van der Waals surface area (Å²) in [5.74, 6) is -3.40. The first kappa shape index (κ1) is 27.1. The van der Waals surface area contributed by atoms with Gasteiger partial charge in [0.1, 0.15) is 12.6 Å². The molecule has 0 aromatic heterocycles. The number of non-ortho nitro benzene ring substituents is 1. The fourth-order valence-electron chi connectivity index (χ4n) is 5.30. The first-order valence-electron chi connectivity index (χ1n) is 12.3. The van der Waals surface area contributed by atoms with Crippen LogP contribution in [0.3, 0.4) is 0 Å². The van der Waals surface area contributed by atoms with Gasteiger partial charge in [0.15, 0.2) is 5.60 Å². The highest BCUT2D eigenvalue weighted by Crippen LogP contribution is 2.42. The molecule has 2 unspecified atom stereocenters. The van der Waals surface area contributed by atoms with Gasteiger partial charge in [-0.05, 0) is 25.0 Å². The van der Waals surface area contributed by atoms with Gasteiger partial charge in [-0.3, -0.25) is 24.8 Å². The summed E-state index contributed by atoms with van der Waals surface area (Å²) in [6.45, 7) is 3.71. The standard InChI is InChI=1S/C28H30FN3O6/c1-18-23(26(33)37-3)25(21-10-7-11-22(14-21)32(35)36)24(19(2)30-18)27(34)38-28(16-29)12-13-31(17-28)15-20-8-5-4-6-9-20/h4-11,14,23,25H,12-13,15-17H2,1-3H3/t23?,25-,28?/m1/s1. The Morgan fingerprint density at radius 2 is 1.92 bits per heavy atom. The molecule has 0 radical (unpaired) electrons. The van der Waals surface area contributed by atoms with Crippen LogP contribution in [0.4, 0.5) is 10.1 Å². The van der Waals surface area contributed by atoms with Crippen molar-refractivity contribution in [2.75, 3.05) is 26.9 Å². The highest BCUT2D eigenvalue weighted by atomic mass is 19.1. The van der Waals surface area contributed by atoms with Crippen molar-refractivity contribution < 1.29 is 28.4 Å². The minimum Gasteiger partial charge on any atom is -0.468 e. The van der Waals surface area contributed by atoms with Crippen molar-refractivity contribution in [3.8, 4) is 0 Å². The number of nitro benzene ring substituents is 1. The predicted octanol–water partition coefficient (Wildman–Crippen LogP) is 4.37. The SMILES string of the molecule is COC(=O)C1C(C)=NC(C)=C(C(=O)OC2(CF)CCN(Cc3ccccc3)C2)[C@@H]1c1cccc([N+](=O)[O-])c1. The van der Waals surface area contributed by atoms with Crippen LogP contribution in [-0.2, 0) is 25.6 Å². The number of halogens is 1. The van der Waals surface area contributed by atoms with Crippen LogP contribution < -0.4 is 0 Å². The minimum absolute atomic E-state index is 0.0563. The van der Waals surface area contributed by atoms with Gasteiger partial charge in [-0.15, -0.1) is 0 Å². The molecule has 0 N–H and O–H groups in total. The lowest BCUT2D eigenvalue weighted by Crippen LogP contribution is -2.43. The predicted molar refractivity (Wildman–Crippen MR) is 138 cm³/mol. The van der Waals surface area contributed by atoms with Crippen molar-refractivity contribution in [2.24, 2.45) is 10.9 Å². The van der Waals surface area contributed by atoms with Gasteiger partial charge in [0.2, 0.25) is 0 Å². The van der Waals surface area contributed by atoms with Crippen molar-refractivity contribution in [3.05, 3.63) is 87.1 Å². The molecule has 10 heteroatoms. The van der Waals surface area contributed by atoms with Gasteiger partial charge < -0.3 is 9.47 Å². The number of nitro groups is 1. The molecule has 3 atom stereocenters.